The smallest absolute Gasteiger partial charge is 0.244 e. The molecule has 0 saturated heterocycles. The molecule has 1 aromatic carbocycles. The quantitative estimate of drug-likeness (QED) is 0.839. The van der Waals surface area contributed by atoms with E-state index in [9.17, 15) is 13.2 Å². The van der Waals surface area contributed by atoms with Gasteiger partial charge in [-0.3, -0.25) is 4.79 Å². The number of carbonyl (C=O) groups is 1. The molecule has 0 aliphatic heterocycles. The first-order valence-corrected chi connectivity index (χ1v) is 8.73. The van der Waals surface area contributed by atoms with E-state index in [0.29, 0.717) is 0 Å². The molecule has 1 aliphatic carbocycles. The van der Waals surface area contributed by atoms with Gasteiger partial charge in [0.05, 0.1) is 5.75 Å². The molecule has 1 fully saturated rings. The maximum atomic E-state index is 12.4. The molecule has 1 atom stereocenters. The highest BCUT2D eigenvalue weighted by atomic mass is 32.2. The second kappa shape index (κ2) is 5.93. The number of carbonyl (C=O) groups excluding carboxylic acids is 1. The van der Waals surface area contributed by atoms with E-state index in [-0.39, 0.29) is 24.2 Å². The van der Waals surface area contributed by atoms with Crippen LogP contribution >= 0.6 is 0 Å². The van der Waals surface area contributed by atoms with Crippen molar-refractivity contribution in [3.05, 3.63) is 35.9 Å². The van der Waals surface area contributed by atoms with Crippen molar-refractivity contribution in [2.24, 2.45) is 5.73 Å². The van der Waals surface area contributed by atoms with Gasteiger partial charge in [-0.15, -0.1) is 0 Å². The average molecular weight is 296 g/mol. The Morgan fingerprint density at radius 1 is 1.35 bits per heavy atom. The van der Waals surface area contributed by atoms with E-state index in [2.05, 4.69) is 0 Å². The lowest BCUT2D eigenvalue weighted by molar-refractivity contribution is -0.133. The van der Waals surface area contributed by atoms with Crippen LogP contribution in [0.15, 0.2) is 30.3 Å². The Hall–Kier alpha value is -1.40. The minimum Gasteiger partial charge on any atom is -0.337 e. The number of rotatable bonds is 6. The van der Waals surface area contributed by atoms with Gasteiger partial charge >= 0.3 is 0 Å². The van der Waals surface area contributed by atoms with E-state index in [1.165, 1.54) is 6.26 Å². The van der Waals surface area contributed by atoms with Gasteiger partial charge in [0.25, 0.3) is 0 Å². The summed E-state index contributed by atoms with van der Waals surface area (Å²) in [5.41, 5.74) is 6.76. The first-order valence-electron chi connectivity index (χ1n) is 6.67. The van der Waals surface area contributed by atoms with E-state index in [1.807, 2.05) is 30.3 Å². The summed E-state index contributed by atoms with van der Waals surface area (Å²) in [6, 6.07) is 8.58. The number of amides is 1. The molecule has 1 aromatic rings. The normalized spacial score (nSPS) is 16.7. The molecule has 2 N–H and O–H groups in total. The van der Waals surface area contributed by atoms with Crippen molar-refractivity contribution < 1.29 is 13.2 Å². The zero-order chi connectivity index (χ0) is 14.8. The molecule has 0 spiro atoms. The molecule has 1 amide bonds. The van der Waals surface area contributed by atoms with E-state index < -0.39 is 15.9 Å². The summed E-state index contributed by atoms with van der Waals surface area (Å²) in [4.78, 5) is 14.1. The summed E-state index contributed by atoms with van der Waals surface area (Å²) in [5, 5.41) is 0. The highest BCUT2D eigenvalue weighted by molar-refractivity contribution is 7.90. The monoisotopic (exact) mass is 296 g/mol. The fraction of sp³-hybridized carbons (Fsp3) is 0.500. The van der Waals surface area contributed by atoms with Crippen molar-refractivity contribution in [2.75, 3.05) is 18.6 Å². The molecule has 0 heterocycles. The summed E-state index contributed by atoms with van der Waals surface area (Å²) in [5.74, 6) is -0.209. The van der Waals surface area contributed by atoms with Crippen LogP contribution in [0.1, 0.15) is 24.4 Å². The van der Waals surface area contributed by atoms with Gasteiger partial charge < -0.3 is 10.6 Å². The second-order valence-corrected chi connectivity index (χ2v) is 7.54. The summed E-state index contributed by atoms with van der Waals surface area (Å²) in [6.07, 6.45) is 3.04. The van der Waals surface area contributed by atoms with Crippen LogP contribution in [0.2, 0.25) is 0 Å². The maximum Gasteiger partial charge on any atom is 0.244 e. The molecule has 20 heavy (non-hydrogen) atoms. The fourth-order valence-electron chi connectivity index (χ4n) is 2.10. The largest absolute Gasteiger partial charge is 0.337 e. The van der Waals surface area contributed by atoms with Crippen LogP contribution in [0.4, 0.5) is 0 Å². The maximum absolute atomic E-state index is 12.4. The molecule has 2 rings (SSSR count). The Bertz CT molecular complexity index is 567. The average Bonchev–Trinajstić information content (AvgIpc) is 3.22. The van der Waals surface area contributed by atoms with E-state index in [0.717, 1.165) is 18.4 Å². The van der Waals surface area contributed by atoms with Crippen molar-refractivity contribution in [1.82, 2.24) is 4.90 Å². The Labute approximate surface area is 119 Å². The van der Waals surface area contributed by atoms with E-state index >= 15 is 0 Å². The van der Waals surface area contributed by atoms with Crippen molar-refractivity contribution in [2.45, 2.75) is 24.9 Å². The molecule has 0 unspecified atom stereocenters. The van der Waals surface area contributed by atoms with Crippen LogP contribution in [0, 0.1) is 0 Å². The van der Waals surface area contributed by atoms with Gasteiger partial charge in [-0.05, 0) is 18.4 Å². The molecular formula is C14H20N2O3S. The van der Waals surface area contributed by atoms with Crippen LogP contribution in [-0.4, -0.2) is 43.8 Å². The highest BCUT2D eigenvalue weighted by Gasteiger charge is 2.35. The Morgan fingerprint density at radius 3 is 2.45 bits per heavy atom. The van der Waals surface area contributed by atoms with E-state index in [1.54, 1.807) is 4.90 Å². The van der Waals surface area contributed by atoms with Gasteiger partial charge in [0.2, 0.25) is 5.91 Å². The van der Waals surface area contributed by atoms with Crippen LogP contribution in [0.5, 0.6) is 0 Å². The fourth-order valence-corrected chi connectivity index (χ4v) is 2.63. The van der Waals surface area contributed by atoms with E-state index in [4.69, 9.17) is 5.73 Å². The number of nitrogens with two attached hydrogens (primary N) is 1. The van der Waals surface area contributed by atoms with Crippen molar-refractivity contribution in [3.8, 4) is 0 Å². The molecule has 0 radical (unpaired) electrons. The topological polar surface area (TPSA) is 80.5 Å². The van der Waals surface area contributed by atoms with Gasteiger partial charge in [-0.2, -0.15) is 0 Å². The minimum absolute atomic E-state index is 0.0171. The third-order valence-corrected chi connectivity index (χ3v) is 4.32. The number of benzene rings is 1. The lowest BCUT2D eigenvalue weighted by atomic mass is 10.1. The predicted octanol–water partition coefficient (Wildman–Crippen LogP) is 0.722. The lowest BCUT2D eigenvalue weighted by Gasteiger charge is -2.25. The molecule has 0 bridgehead atoms. The Balaban J connectivity index is 2.07. The van der Waals surface area contributed by atoms with Crippen molar-refractivity contribution in [1.29, 1.82) is 0 Å². The number of hydrogen-bond donors (Lipinski definition) is 1. The standard InChI is InChI=1S/C14H20N2O3S/c1-20(18,19)10-9-16(12-7-8-12)14(17)13(15)11-5-3-2-4-6-11/h2-6,12-13H,7-10,15H2,1H3/t13-/m0/s1. The van der Waals surface area contributed by atoms with Crippen LogP contribution in [0.25, 0.3) is 0 Å². The van der Waals surface area contributed by atoms with Gasteiger partial charge in [0.1, 0.15) is 15.9 Å². The molecule has 6 heteroatoms. The zero-order valence-corrected chi connectivity index (χ0v) is 12.3. The van der Waals surface area contributed by atoms with Gasteiger partial charge in [0.15, 0.2) is 0 Å². The molecule has 1 saturated carbocycles. The summed E-state index contributed by atoms with van der Waals surface area (Å²) < 4.78 is 22.5. The summed E-state index contributed by atoms with van der Waals surface area (Å²) in [7, 11) is -3.08. The molecular weight excluding hydrogens is 276 g/mol. The van der Waals surface area contributed by atoms with Crippen molar-refractivity contribution in [3.63, 3.8) is 0 Å². The predicted molar refractivity (Wildman–Crippen MR) is 77.8 cm³/mol. The van der Waals surface area contributed by atoms with Gasteiger partial charge in [-0.25, -0.2) is 8.42 Å². The van der Waals surface area contributed by atoms with Crippen LogP contribution < -0.4 is 5.73 Å². The number of sulfone groups is 1. The summed E-state index contributed by atoms with van der Waals surface area (Å²) in [6.45, 7) is 0.225. The summed E-state index contributed by atoms with van der Waals surface area (Å²) >= 11 is 0. The molecule has 0 aromatic heterocycles. The SMILES string of the molecule is CS(=O)(=O)CCN(C(=O)[C@@H](N)c1ccccc1)C1CC1. The number of nitrogens with zero attached hydrogens (tertiary/aromatic N) is 1. The highest BCUT2D eigenvalue weighted by Crippen LogP contribution is 2.29. The first-order chi connectivity index (χ1) is 9.38. The van der Waals surface area contributed by atoms with Crippen LogP contribution in [-0.2, 0) is 14.6 Å². The third-order valence-electron chi connectivity index (χ3n) is 3.40. The minimum atomic E-state index is -3.08. The molecule has 5 nitrogen and oxygen atoms in total. The molecule has 1 aliphatic rings. The van der Waals surface area contributed by atoms with Gasteiger partial charge in [0, 0.05) is 18.8 Å². The van der Waals surface area contributed by atoms with Gasteiger partial charge in [-0.1, -0.05) is 30.3 Å². The zero-order valence-electron chi connectivity index (χ0n) is 11.5. The van der Waals surface area contributed by atoms with Crippen LogP contribution in [0.3, 0.4) is 0 Å². The Kier molecular flexibility index (Phi) is 4.45. The first kappa shape index (κ1) is 15.0. The second-order valence-electron chi connectivity index (χ2n) is 5.28. The third kappa shape index (κ3) is 4.05. The lowest BCUT2D eigenvalue weighted by Crippen LogP contribution is -2.42. The van der Waals surface area contributed by atoms with Crippen molar-refractivity contribution >= 4 is 15.7 Å². The number of hydrogen-bond acceptors (Lipinski definition) is 4. The molecule has 110 valence electrons. The Morgan fingerprint density at radius 2 is 1.95 bits per heavy atom.